The predicted molar refractivity (Wildman–Crippen MR) is 154 cm³/mol. The first-order chi connectivity index (χ1) is 19.0. The van der Waals surface area contributed by atoms with Crippen LogP contribution in [0.5, 0.6) is 0 Å². The Labute approximate surface area is 235 Å². The molecule has 0 radical (unpaired) electrons. The molecule has 1 unspecified atom stereocenters. The number of aromatic nitrogens is 2. The minimum absolute atomic E-state index is 0.139. The van der Waals surface area contributed by atoms with E-state index in [0.717, 1.165) is 55.9 Å². The minimum atomic E-state index is -0.944. The Kier molecular flexibility index (Phi) is 7.98. The molecule has 5 rings (SSSR count). The number of nitrogens with zero attached hydrogens (tertiary/aromatic N) is 5. The van der Waals surface area contributed by atoms with E-state index in [1.807, 2.05) is 12.1 Å². The molecular formula is C29H42N8O3. The fourth-order valence-electron chi connectivity index (χ4n) is 6.24. The minimum Gasteiger partial charge on any atom is -0.338 e. The van der Waals surface area contributed by atoms with Gasteiger partial charge in [-0.1, -0.05) is 19.1 Å². The number of nitrogens with one attached hydrogen (secondary N) is 1. The molecule has 3 heterocycles. The number of anilines is 1. The van der Waals surface area contributed by atoms with Gasteiger partial charge >= 0.3 is 11.7 Å². The van der Waals surface area contributed by atoms with Crippen molar-refractivity contribution in [2.75, 3.05) is 51.1 Å². The molecule has 216 valence electrons. The lowest BCUT2D eigenvalue weighted by Gasteiger charge is -2.37. The Morgan fingerprint density at radius 1 is 1.05 bits per heavy atom. The Morgan fingerprint density at radius 3 is 2.25 bits per heavy atom. The van der Waals surface area contributed by atoms with E-state index in [0.29, 0.717) is 32.2 Å². The highest BCUT2D eigenvalue weighted by molar-refractivity contribution is 5.89. The van der Waals surface area contributed by atoms with Crippen LogP contribution in [0.1, 0.15) is 32.8 Å². The number of carbonyl (C=O) groups is 2. The molecule has 3 amide bonds. The second-order valence-corrected chi connectivity index (χ2v) is 12.0. The molecule has 1 saturated carbocycles. The van der Waals surface area contributed by atoms with E-state index in [-0.39, 0.29) is 17.8 Å². The summed E-state index contributed by atoms with van der Waals surface area (Å²) in [5.41, 5.74) is 12.7. The quantitative estimate of drug-likeness (QED) is 0.447. The Bertz CT molecular complexity index is 1270. The summed E-state index contributed by atoms with van der Waals surface area (Å²) in [6, 6.07) is 9.58. The van der Waals surface area contributed by atoms with Crippen molar-refractivity contribution in [3.05, 3.63) is 52.6 Å². The van der Waals surface area contributed by atoms with Gasteiger partial charge in [0.25, 0.3) is 0 Å². The smallest absolute Gasteiger partial charge is 0.338 e. The zero-order valence-electron chi connectivity index (χ0n) is 23.8. The molecule has 2 aromatic rings. The average Bonchev–Trinajstić information content (AvgIpc) is 3.44. The van der Waals surface area contributed by atoms with E-state index in [2.05, 4.69) is 34.3 Å². The van der Waals surface area contributed by atoms with Gasteiger partial charge < -0.3 is 26.2 Å². The molecule has 0 bridgehead atoms. The van der Waals surface area contributed by atoms with Crippen molar-refractivity contribution in [1.29, 1.82) is 0 Å². The third-order valence-electron chi connectivity index (χ3n) is 8.68. The zero-order chi connectivity index (χ0) is 28.6. The Balaban J connectivity index is 1.10. The van der Waals surface area contributed by atoms with E-state index in [9.17, 15) is 14.4 Å². The molecule has 3 aliphatic rings. The van der Waals surface area contributed by atoms with Crippen LogP contribution in [0.25, 0.3) is 5.69 Å². The van der Waals surface area contributed by atoms with Gasteiger partial charge in [0.2, 0.25) is 5.91 Å². The fraction of sp³-hybridized carbons (Fsp3) is 0.586. The van der Waals surface area contributed by atoms with Gasteiger partial charge in [0.05, 0.1) is 11.2 Å². The lowest BCUT2D eigenvalue weighted by Crippen LogP contribution is -2.58. The van der Waals surface area contributed by atoms with Gasteiger partial charge in [0.15, 0.2) is 0 Å². The van der Waals surface area contributed by atoms with E-state index < -0.39 is 11.2 Å². The lowest BCUT2D eigenvalue weighted by atomic mass is 10.1. The Hall–Kier alpha value is -3.28. The molecule has 11 heteroatoms. The highest BCUT2D eigenvalue weighted by Crippen LogP contribution is 2.53. The van der Waals surface area contributed by atoms with Gasteiger partial charge in [-0.3, -0.25) is 14.7 Å². The molecule has 2 saturated heterocycles. The molecule has 11 nitrogen and oxygen atoms in total. The molecule has 1 aliphatic carbocycles. The fourth-order valence-corrected chi connectivity index (χ4v) is 6.24. The van der Waals surface area contributed by atoms with Crippen LogP contribution in [0, 0.1) is 17.8 Å². The Morgan fingerprint density at radius 2 is 1.68 bits per heavy atom. The van der Waals surface area contributed by atoms with E-state index >= 15 is 0 Å². The maximum atomic E-state index is 12.7. The summed E-state index contributed by atoms with van der Waals surface area (Å²) in [7, 11) is 0. The van der Waals surface area contributed by atoms with Crippen molar-refractivity contribution < 1.29 is 9.59 Å². The molecule has 2 aliphatic heterocycles. The highest BCUT2D eigenvalue weighted by atomic mass is 16.2. The second kappa shape index (κ2) is 11.3. The number of hydrogen-bond donors (Lipinski definition) is 3. The molecule has 1 aromatic carbocycles. The summed E-state index contributed by atoms with van der Waals surface area (Å²) < 4.78 is 1.46. The van der Waals surface area contributed by atoms with Crippen LogP contribution in [-0.4, -0.2) is 93.6 Å². The number of carbonyl (C=O) groups excluding carboxylic acids is 2. The molecule has 3 fully saturated rings. The van der Waals surface area contributed by atoms with Crippen LogP contribution in [0.4, 0.5) is 10.6 Å². The van der Waals surface area contributed by atoms with Gasteiger partial charge in [-0.2, -0.15) is 4.98 Å². The van der Waals surface area contributed by atoms with Crippen LogP contribution in [0.3, 0.4) is 0 Å². The number of benzene rings is 1. The first kappa shape index (κ1) is 28.3. The number of rotatable bonds is 8. The second-order valence-electron chi connectivity index (χ2n) is 12.0. The largest absolute Gasteiger partial charge is 0.354 e. The van der Waals surface area contributed by atoms with Crippen molar-refractivity contribution in [2.45, 2.75) is 45.2 Å². The molecule has 40 heavy (non-hydrogen) atoms. The van der Waals surface area contributed by atoms with E-state index in [1.165, 1.54) is 10.1 Å². The molecular weight excluding hydrogens is 508 g/mol. The summed E-state index contributed by atoms with van der Waals surface area (Å²) in [6.07, 6.45) is 3.65. The highest BCUT2D eigenvalue weighted by Gasteiger charge is 2.57. The summed E-state index contributed by atoms with van der Waals surface area (Å²) in [5.74, 6) is 2.35. The van der Waals surface area contributed by atoms with Crippen molar-refractivity contribution in [3.8, 4) is 5.69 Å². The number of amides is 3. The van der Waals surface area contributed by atoms with Crippen molar-refractivity contribution >= 4 is 17.8 Å². The van der Waals surface area contributed by atoms with Crippen LogP contribution in [0.15, 0.2) is 41.3 Å². The van der Waals surface area contributed by atoms with Gasteiger partial charge in [-0.15, -0.1) is 0 Å². The van der Waals surface area contributed by atoms with E-state index in [4.69, 9.17) is 11.5 Å². The summed E-state index contributed by atoms with van der Waals surface area (Å²) in [6.45, 7) is 10.5. The van der Waals surface area contributed by atoms with Crippen LogP contribution < -0.4 is 22.5 Å². The monoisotopic (exact) mass is 550 g/mol. The van der Waals surface area contributed by atoms with Crippen molar-refractivity contribution in [3.63, 3.8) is 0 Å². The third-order valence-corrected chi connectivity index (χ3v) is 8.68. The van der Waals surface area contributed by atoms with Gasteiger partial charge in [0, 0.05) is 58.1 Å². The summed E-state index contributed by atoms with van der Waals surface area (Å²) in [4.78, 5) is 47.7. The third kappa shape index (κ3) is 6.06. The van der Waals surface area contributed by atoms with Gasteiger partial charge in [-0.05, 0) is 68.2 Å². The number of piperidine rings is 1. The summed E-state index contributed by atoms with van der Waals surface area (Å²) >= 11 is 0. The topological polar surface area (TPSA) is 143 Å². The zero-order valence-corrected chi connectivity index (χ0v) is 23.8. The average molecular weight is 551 g/mol. The standard InChI is InChI=1S/C29H42N8O3/c1-4-23(30)25-21-17-34(18-22(21)25)11-9-19-5-7-20(8-6-19)37-12-10-24(33-28(37)40)32-27(39)36-15-13-35(14-16-36)26(38)29(2,3)31/h5-8,10,12,21-23,25H,4,9,11,13-18,30-31H2,1-3H3,(H,32,33,39,40)/t21-,22+,23?,25+. The maximum Gasteiger partial charge on any atom is 0.354 e. The number of hydrogen-bond acceptors (Lipinski definition) is 7. The number of likely N-dealkylation sites (tertiary alicyclic amines) is 1. The van der Waals surface area contributed by atoms with Gasteiger partial charge in [0.1, 0.15) is 5.82 Å². The first-order valence-corrected chi connectivity index (χ1v) is 14.4. The maximum absolute atomic E-state index is 12.7. The van der Waals surface area contributed by atoms with Crippen LogP contribution >= 0.6 is 0 Å². The SMILES string of the molecule is CCC(N)[C@H]1[C@@H]2CN(CCc3ccc(-n4ccc(NC(=O)N5CCN(C(=O)C(C)(C)N)CC5)nc4=O)cc3)C[C@@H]21. The number of nitrogens with two attached hydrogens (primary N) is 2. The van der Waals surface area contributed by atoms with Crippen molar-refractivity contribution in [2.24, 2.45) is 29.2 Å². The molecule has 4 atom stereocenters. The first-order valence-electron chi connectivity index (χ1n) is 14.4. The van der Waals surface area contributed by atoms with Crippen molar-refractivity contribution in [1.82, 2.24) is 24.3 Å². The predicted octanol–water partition coefficient (Wildman–Crippen LogP) is 1.10. The number of urea groups is 1. The van der Waals surface area contributed by atoms with Crippen LogP contribution in [0.2, 0.25) is 0 Å². The lowest BCUT2D eigenvalue weighted by molar-refractivity contribution is -0.137. The number of fused-ring (bicyclic) bond motifs is 1. The van der Waals surface area contributed by atoms with Crippen LogP contribution in [-0.2, 0) is 11.2 Å². The van der Waals surface area contributed by atoms with E-state index in [1.54, 1.807) is 35.9 Å². The van der Waals surface area contributed by atoms with Gasteiger partial charge in [-0.25, -0.2) is 9.59 Å². The molecule has 0 spiro atoms. The molecule has 1 aromatic heterocycles. The molecule has 5 N–H and O–H groups in total. The normalized spacial score (nSPS) is 23.6. The summed E-state index contributed by atoms with van der Waals surface area (Å²) in [5, 5.41) is 2.70. The number of piperazine rings is 1.